The second kappa shape index (κ2) is 12.3. The fourth-order valence-corrected chi connectivity index (χ4v) is 3.92. The van der Waals surface area contributed by atoms with Gasteiger partial charge in [-0.2, -0.15) is 0 Å². The van der Waals surface area contributed by atoms with Crippen molar-refractivity contribution in [3.63, 3.8) is 0 Å². The Balaban J connectivity index is 1.71. The van der Waals surface area contributed by atoms with Crippen LogP contribution in [0.5, 0.6) is 11.5 Å². The van der Waals surface area contributed by atoms with Gasteiger partial charge in [-0.3, -0.25) is 4.90 Å². The molecular weight excluding hydrogens is 404 g/mol. The molecule has 1 aliphatic rings. The smallest absolute Gasteiger partial charge is 0.191 e. The van der Waals surface area contributed by atoms with E-state index in [2.05, 4.69) is 53.6 Å². The molecular formula is C25H36N4O3. The average molecular weight is 441 g/mol. The van der Waals surface area contributed by atoms with Crippen LogP contribution in [0.2, 0.25) is 0 Å². The van der Waals surface area contributed by atoms with Gasteiger partial charge in [-0.15, -0.1) is 0 Å². The number of hydrogen-bond donors (Lipinski definition) is 2. The van der Waals surface area contributed by atoms with Gasteiger partial charge in [0.25, 0.3) is 0 Å². The molecule has 1 heterocycles. The molecule has 0 saturated carbocycles. The summed E-state index contributed by atoms with van der Waals surface area (Å²) in [4.78, 5) is 7.28. The van der Waals surface area contributed by atoms with Gasteiger partial charge in [0.05, 0.1) is 40.0 Å². The van der Waals surface area contributed by atoms with Crippen LogP contribution in [-0.2, 0) is 11.3 Å². The van der Waals surface area contributed by atoms with Gasteiger partial charge in [0, 0.05) is 26.2 Å². The van der Waals surface area contributed by atoms with E-state index < -0.39 is 0 Å². The van der Waals surface area contributed by atoms with E-state index >= 15 is 0 Å². The molecule has 32 heavy (non-hydrogen) atoms. The molecule has 1 saturated heterocycles. The van der Waals surface area contributed by atoms with Gasteiger partial charge in [-0.25, -0.2) is 4.99 Å². The number of benzene rings is 2. The summed E-state index contributed by atoms with van der Waals surface area (Å²) in [6.07, 6.45) is 0. The average Bonchev–Trinajstić information content (AvgIpc) is 2.83. The number of aryl methyl sites for hydroxylation is 1. The van der Waals surface area contributed by atoms with Crippen LogP contribution in [0, 0.1) is 6.92 Å². The lowest BCUT2D eigenvalue weighted by atomic mass is 10.0. The molecule has 7 heteroatoms. The minimum atomic E-state index is 0.219. The normalized spacial score (nSPS) is 15.8. The fourth-order valence-electron chi connectivity index (χ4n) is 3.92. The Hall–Kier alpha value is -2.77. The third-order valence-corrected chi connectivity index (χ3v) is 5.67. The van der Waals surface area contributed by atoms with Crippen molar-refractivity contribution < 1.29 is 14.2 Å². The molecule has 1 unspecified atom stereocenters. The first-order valence-electron chi connectivity index (χ1n) is 11.3. The Bertz CT molecular complexity index is 864. The van der Waals surface area contributed by atoms with Crippen molar-refractivity contribution in [2.75, 3.05) is 53.6 Å². The van der Waals surface area contributed by atoms with Crippen molar-refractivity contribution >= 4 is 5.96 Å². The van der Waals surface area contributed by atoms with E-state index in [0.29, 0.717) is 6.54 Å². The summed E-state index contributed by atoms with van der Waals surface area (Å²) < 4.78 is 16.3. The molecule has 3 rings (SSSR count). The number of morpholine rings is 1. The maximum absolute atomic E-state index is 5.57. The minimum Gasteiger partial charge on any atom is -0.497 e. The van der Waals surface area contributed by atoms with Gasteiger partial charge in [0.15, 0.2) is 5.96 Å². The summed E-state index contributed by atoms with van der Waals surface area (Å²) in [6, 6.07) is 14.7. The molecule has 2 aromatic carbocycles. The summed E-state index contributed by atoms with van der Waals surface area (Å²) >= 11 is 0. The predicted octanol–water partition coefficient (Wildman–Crippen LogP) is 3.14. The van der Waals surface area contributed by atoms with Crippen LogP contribution in [0.25, 0.3) is 0 Å². The second-order valence-electron chi connectivity index (χ2n) is 7.82. The molecule has 0 bridgehead atoms. The molecule has 2 N–H and O–H groups in total. The van der Waals surface area contributed by atoms with E-state index in [9.17, 15) is 0 Å². The van der Waals surface area contributed by atoms with Crippen molar-refractivity contribution in [1.29, 1.82) is 0 Å². The molecule has 0 aliphatic carbocycles. The predicted molar refractivity (Wildman–Crippen MR) is 129 cm³/mol. The Labute approximate surface area is 191 Å². The summed E-state index contributed by atoms with van der Waals surface area (Å²) in [6.45, 7) is 9.64. The third kappa shape index (κ3) is 6.61. The monoisotopic (exact) mass is 440 g/mol. The summed E-state index contributed by atoms with van der Waals surface area (Å²) in [7, 11) is 3.39. The topological polar surface area (TPSA) is 67.4 Å². The van der Waals surface area contributed by atoms with E-state index in [1.54, 1.807) is 14.2 Å². The molecule has 1 atom stereocenters. The Morgan fingerprint density at radius 1 is 1.06 bits per heavy atom. The first-order valence-corrected chi connectivity index (χ1v) is 11.3. The van der Waals surface area contributed by atoms with Gasteiger partial charge in [0.1, 0.15) is 11.5 Å². The largest absolute Gasteiger partial charge is 0.497 e. The number of rotatable bonds is 9. The fraction of sp³-hybridized carbons (Fsp3) is 0.480. The molecule has 7 nitrogen and oxygen atoms in total. The van der Waals surface area contributed by atoms with E-state index in [4.69, 9.17) is 19.2 Å². The van der Waals surface area contributed by atoms with Crippen molar-refractivity contribution in [2.45, 2.75) is 26.4 Å². The van der Waals surface area contributed by atoms with E-state index in [1.807, 2.05) is 18.2 Å². The Morgan fingerprint density at radius 2 is 1.81 bits per heavy atom. The lowest BCUT2D eigenvalue weighted by Crippen LogP contribution is -2.46. The lowest BCUT2D eigenvalue weighted by molar-refractivity contribution is 0.0170. The third-order valence-electron chi connectivity index (χ3n) is 5.67. The Kier molecular flexibility index (Phi) is 9.19. The van der Waals surface area contributed by atoms with Crippen LogP contribution in [0.4, 0.5) is 0 Å². The number of methoxy groups -OCH3 is 2. The van der Waals surface area contributed by atoms with Gasteiger partial charge >= 0.3 is 0 Å². The Morgan fingerprint density at radius 3 is 2.44 bits per heavy atom. The maximum atomic E-state index is 5.57. The van der Waals surface area contributed by atoms with Gasteiger partial charge in [-0.05, 0) is 48.7 Å². The van der Waals surface area contributed by atoms with Crippen molar-refractivity contribution in [1.82, 2.24) is 15.5 Å². The van der Waals surface area contributed by atoms with Gasteiger partial charge in [0.2, 0.25) is 0 Å². The molecule has 1 fully saturated rings. The second-order valence-corrected chi connectivity index (χ2v) is 7.82. The van der Waals surface area contributed by atoms with Crippen molar-refractivity contribution in [3.8, 4) is 11.5 Å². The highest BCUT2D eigenvalue weighted by Gasteiger charge is 2.23. The van der Waals surface area contributed by atoms with Crippen molar-refractivity contribution in [3.05, 3.63) is 59.2 Å². The van der Waals surface area contributed by atoms with E-state index in [1.165, 1.54) is 5.56 Å². The highest BCUT2D eigenvalue weighted by atomic mass is 16.5. The summed E-state index contributed by atoms with van der Waals surface area (Å²) in [5, 5.41) is 6.92. The van der Waals surface area contributed by atoms with Crippen LogP contribution in [-0.4, -0.2) is 64.5 Å². The number of guanidine groups is 1. The van der Waals surface area contributed by atoms with E-state index in [0.717, 1.165) is 68.0 Å². The molecule has 1 aliphatic heterocycles. The standard InChI is InChI=1S/C25H36N4O3/c1-5-26-25(27-17-20-6-11-24(31-4)19(2)16-20)28-18-23(29-12-14-32-15-13-29)21-7-9-22(30-3)10-8-21/h6-11,16,23H,5,12-15,17-18H2,1-4H3,(H2,26,27,28). The first-order chi connectivity index (χ1) is 15.6. The van der Waals surface area contributed by atoms with Crippen LogP contribution in [0.15, 0.2) is 47.5 Å². The van der Waals surface area contributed by atoms with Gasteiger partial charge < -0.3 is 24.8 Å². The zero-order chi connectivity index (χ0) is 22.8. The molecule has 0 radical (unpaired) electrons. The van der Waals surface area contributed by atoms with Crippen molar-refractivity contribution in [2.24, 2.45) is 4.99 Å². The quantitative estimate of drug-likeness (QED) is 0.461. The molecule has 174 valence electrons. The minimum absolute atomic E-state index is 0.219. The number of ether oxygens (including phenoxy) is 3. The van der Waals surface area contributed by atoms with Crippen LogP contribution in [0.1, 0.15) is 29.7 Å². The molecule has 0 aromatic heterocycles. The van der Waals surface area contributed by atoms with Gasteiger partial charge in [-0.1, -0.05) is 24.3 Å². The number of aliphatic imine (C=N–C) groups is 1. The zero-order valence-corrected chi connectivity index (χ0v) is 19.7. The van der Waals surface area contributed by atoms with Crippen LogP contribution in [0.3, 0.4) is 0 Å². The number of nitrogens with one attached hydrogen (secondary N) is 2. The SMILES string of the molecule is CCNC(=NCc1ccc(OC)c(C)c1)NCC(c1ccc(OC)cc1)N1CCOCC1. The lowest BCUT2D eigenvalue weighted by Gasteiger charge is -2.35. The van der Waals surface area contributed by atoms with E-state index in [-0.39, 0.29) is 6.04 Å². The van der Waals surface area contributed by atoms with Crippen LogP contribution >= 0.6 is 0 Å². The summed E-state index contributed by atoms with van der Waals surface area (Å²) in [5.74, 6) is 2.58. The first kappa shape index (κ1) is 23.9. The highest BCUT2D eigenvalue weighted by molar-refractivity contribution is 5.79. The maximum Gasteiger partial charge on any atom is 0.191 e. The van der Waals surface area contributed by atoms with Crippen LogP contribution < -0.4 is 20.1 Å². The number of hydrogen-bond acceptors (Lipinski definition) is 5. The zero-order valence-electron chi connectivity index (χ0n) is 19.7. The highest BCUT2D eigenvalue weighted by Crippen LogP contribution is 2.24. The molecule has 0 amide bonds. The molecule has 2 aromatic rings. The molecule has 0 spiro atoms. The number of nitrogens with zero attached hydrogens (tertiary/aromatic N) is 2. The summed E-state index contributed by atoms with van der Waals surface area (Å²) in [5.41, 5.74) is 3.52.